The number of aryl methyl sites for hydroxylation is 1. The molecule has 10 heteroatoms. The SMILES string of the molecule is Cc1nn(-c2cccc(C(F)(F)F)c2)c(C)c1C(=O)C(=O)N1CCN(c2ccncc2)CC1. The van der Waals surface area contributed by atoms with E-state index in [2.05, 4.69) is 15.0 Å². The van der Waals surface area contributed by atoms with Crippen molar-refractivity contribution in [2.45, 2.75) is 20.0 Å². The van der Waals surface area contributed by atoms with E-state index in [0.717, 1.165) is 17.8 Å². The fraction of sp³-hybridized carbons (Fsp3) is 0.304. The summed E-state index contributed by atoms with van der Waals surface area (Å²) in [5.41, 5.74) is 1.08. The van der Waals surface area contributed by atoms with E-state index in [0.29, 0.717) is 37.6 Å². The maximum atomic E-state index is 13.1. The molecule has 1 aromatic carbocycles. The number of carbonyl (C=O) groups is 2. The lowest BCUT2D eigenvalue weighted by atomic mass is 10.1. The predicted octanol–water partition coefficient (Wildman–Crippen LogP) is 3.43. The number of nitrogens with zero attached hydrogens (tertiary/aromatic N) is 5. The molecule has 1 aliphatic heterocycles. The molecule has 0 bridgehead atoms. The molecule has 33 heavy (non-hydrogen) atoms. The zero-order valence-electron chi connectivity index (χ0n) is 18.1. The van der Waals surface area contributed by atoms with Crippen molar-refractivity contribution in [3.63, 3.8) is 0 Å². The number of pyridine rings is 1. The summed E-state index contributed by atoms with van der Waals surface area (Å²) in [6.07, 6.45) is -1.10. The lowest BCUT2D eigenvalue weighted by Crippen LogP contribution is -2.50. The first-order valence-corrected chi connectivity index (χ1v) is 10.4. The number of alkyl halides is 3. The molecule has 3 heterocycles. The molecule has 0 saturated carbocycles. The Balaban J connectivity index is 1.53. The summed E-state index contributed by atoms with van der Waals surface area (Å²) in [5, 5.41) is 4.25. The van der Waals surface area contributed by atoms with E-state index in [1.165, 1.54) is 21.7 Å². The second-order valence-corrected chi connectivity index (χ2v) is 7.82. The highest BCUT2D eigenvalue weighted by Crippen LogP contribution is 2.31. The van der Waals surface area contributed by atoms with Gasteiger partial charge in [0.25, 0.3) is 11.7 Å². The first-order chi connectivity index (χ1) is 15.7. The summed E-state index contributed by atoms with van der Waals surface area (Å²) in [5.74, 6) is -1.35. The summed E-state index contributed by atoms with van der Waals surface area (Å²) in [6.45, 7) is 5.05. The third kappa shape index (κ3) is 4.46. The summed E-state index contributed by atoms with van der Waals surface area (Å²) >= 11 is 0. The summed E-state index contributed by atoms with van der Waals surface area (Å²) in [4.78, 5) is 33.6. The molecule has 0 aliphatic carbocycles. The molecular weight excluding hydrogens is 435 g/mol. The number of rotatable bonds is 4. The van der Waals surface area contributed by atoms with Gasteiger partial charge in [0.1, 0.15) is 0 Å². The standard InChI is InChI=1S/C23H22F3N5O2/c1-15-20(16(2)31(28-15)19-5-3-4-17(14-19)23(24,25)26)21(32)22(33)30-12-10-29(11-13-30)18-6-8-27-9-7-18/h3-9,14H,10-13H2,1-2H3. The number of aromatic nitrogens is 3. The molecule has 7 nitrogen and oxygen atoms in total. The minimum absolute atomic E-state index is 0.119. The normalized spacial score (nSPS) is 14.5. The average molecular weight is 457 g/mol. The molecule has 0 N–H and O–H groups in total. The molecule has 172 valence electrons. The fourth-order valence-electron chi connectivity index (χ4n) is 4.01. The van der Waals surface area contributed by atoms with Crippen molar-refractivity contribution >= 4 is 17.4 Å². The van der Waals surface area contributed by atoms with Gasteiger partial charge in [-0.3, -0.25) is 14.6 Å². The van der Waals surface area contributed by atoms with E-state index in [1.54, 1.807) is 26.2 Å². The Hall–Kier alpha value is -3.69. The second-order valence-electron chi connectivity index (χ2n) is 7.82. The smallest absolute Gasteiger partial charge is 0.368 e. The number of ketones is 1. The van der Waals surface area contributed by atoms with Gasteiger partial charge in [-0.05, 0) is 44.2 Å². The minimum atomic E-state index is -4.50. The zero-order valence-corrected chi connectivity index (χ0v) is 18.1. The van der Waals surface area contributed by atoms with Gasteiger partial charge in [-0.25, -0.2) is 4.68 Å². The predicted molar refractivity (Wildman–Crippen MR) is 115 cm³/mol. The zero-order chi connectivity index (χ0) is 23.8. The Morgan fingerprint density at radius 2 is 1.61 bits per heavy atom. The van der Waals surface area contributed by atoms with Crippen LogP contribution in [-0.4, -0.2) is 57.5 Å². The minimum Gasteiger partial charge on any atom is -0.368 e. The van der Waals surface area contributed by atoms with Gasteiger partial charge in [-0.1, -0.05) is 6.07 Å². The van der Waals surface area contributed by atoms with E-state index in [9.17, 15) is 22.8 Å². The number of carbonyl (C=O) groups excluding carboxylic acids is 2. The number of Topliss-reactive ketones (excluding diaryl/α,β-unsaturated/α-hetero) is 1. The Kier molecular flexibility index (Phi) is 5.92. The van der Waals surface area contributed by atoms with Gasteiger partial charge in [0.15, 0.2) is 0 Å². The summed E-state index contributed by atoms with van der Waals surface area (Å²) < 4.78 is 40.6. The molecule has 1 fully saturated rings. The molecule has 1 saturated heterocycles. The summed E-state index contributed by atoms with van der Waals surface area (Å²) in [7, 11) is 0. The van der Waals surface area contributed by atoms with Crippen LogP contribution in [0.3, 0.4) is 0 Å². The van der Waals surface area contributed by atoms with E-state index < -0.39 is 23.4 Å². The van der Waals surface area contributed by atoms with Crippen molar-refractivity contribution in [3.8, 4) is 5.69 Å². The first kappa shape index (κ1) is 22.5. The Morgan fingerprint density at radius 1 is 0.939 bits per heavy atom. The van der Waals surface area contributed by atoms with Crippen LogP contribution in [0.5, 0.6) is 0 Å². The highest BCUT2D eigenvalue weighted by Gasteiger charge is 2.33. The van der Waals surface area contributed by atoms with Gasteiger partial charge in [0, 0.05) is 44.3 Å². The Morgan fingerprint density at radius 3 is 2.24 bits per heavy atom. The fourth-order valence-corrected chi connectivity index (χ4v) is 4.01. The number of piperazine rings is 1. The molecule has 1 aliphatic rings. The molecule has 2 aromatic heterocycles. The Labute approximate surface area is 188 Å². The molecule has 1 amide bonds. The van der Waals surface area contributed by atoms with Crippen LogP contribution in [-0.2, 0) is 11.0 Å². The van der Waals surface area contributed by atoms with E-state index in [1.807, 2.05) is 12.1 Å². The lowest BCUT2D eigenvalue weighted by Gasteiger charge is -2.35. The maximum absolute atomic E-state index is 13.1. The van der Waals surface area contributed by atoms with E-state index in [-0.39, 0.29) is 11.3 Å². The van der Waals surface area contributed by atoms with Crippen molar-refractivity contribution in [2.24, 2.45) is 0 Å². The van der Waals surface area contributed by atoms with E-state index in [4.69, 9.17) is 0 Å². The number of hydrogen-bond donors (Lipinski definition) is 0. The third-order valence-electron chi connectivity index (χ3n) is 5.73. The van der Waals surface area contributed by atoms with Gasteiger partial charge in [-0.2, -0.15) is 18.3 Å². The molecule has 0 radical (unpaired) electrons. The quantitative estimate of drug-likeness (QED) is 0.444. The van der Waals surface area contributed by atoms with Crippen LogP contribution in [0, 0.1) is 13.8 Å². The monoisotopic (exact) mass is 457 g/mol. The van der Waals surface area contributed by atoms with Gasteiger partial charge in [0.05, 0.1) is 28.2 Å². The molecule has 0 atom stereocenters. The highest BCUT2D eigenvalue weighted by atomic mass is 19.4. The van der Waals surface area contributed by atoms with Gasteiger partial charge >= 0.3 is 6.18 Å². The van der Waals surface area contributed by atoms with Crippen LogP contribution in [0.2, 0.25) is 0 Å². The number of halogens is 3. The molecule has 0 unspecified atom stereocenters. The van der Waals surface area contributed by atoms with E-state index >= 15 is 0 Å². The van der Waals surface area contributed by atoms with Crippen LogP contribution in [0.1, 0.15) is 27.3 Å². The van der Waals surface area contributed by atoms with Crippen molar-refractivity contribution in [2.75, 3.05) is 31.1 Å². The lowest BCUT2D eigenvalue weighted by molar-refractivity contribution is -0.137. The van der Waals surface area contributed by atoms with Crippen LogP contribution in [0.4, 0.5) is 18.9 Å². The van der Waals surface area contributed by atoms with Crippen LogP contribution < -0.4 is 4.90 Å². The number of anilines is 1. The van der Waals surface area contributed by atoms with Crippen molar-refractivity contribution in [1.82, 2.24) is 19.7 Å². The number of benzene rings is 1. The molecule has 3 aromatic rings. The van der Waals surface area contributed by atoms with Gasteiger partial charge in [-0.15, -0.1) is 0 Å². The molecular formula is C23H22F3N5O2. The maximum Gasteiger partial charge on any atom is 0.416 e. The first-order valence-electron chi connectivity index (χ1n) is 10.4. The van der Waals surface area contributed by atoms with Gasteiger partial charge < -0.3 is 9.80 Å². The van der Waals surface area contributed by atoms with Crippen molar-refractivity contribution < 1.29 is 22.8 Å². The van der Waals surface area contributed by atoms with Crippen molar-refractivity contribution in [1.29, 1.82) is 0 Å². The Bertz CT molecular complexity index is 1180. The topological polar surface area (TPSA) is 71.3 Å². The van der Waals surface area contributed by atoms with Crippen LogP contribution >= 0.6 is 0 Å². The number of hydrogen-bond acceptors (Lipinski definition) is 5. The van der Waals surface area contributed by atoms with Crippen molar-refractivity contribution in [3.05, 3.63) is 71.3 Å². The third-order valence-corrected chi connectivity index (χ3v) is 5.73. The van der Waals surface area contributed by atoms with Crippen LogP contribution in [0.25, 0.3) is 5.69 Å². The number of amides is 1. The van der Waals surface area contributed by atoms with Crippen LogP contribution in [0.15, 0.2) is 48.8 Å². The second kappa shape index (κ2) is 8.68. The highest BCUT2D eigenvalue weighted by molar-refractivity contribution is 6.43. The van der Waals surface area contributed by atoms with Gasteiger partial charge in [0.2, 0.25) is 0 Å². The molecule has 4 rings (SSSR count). The molecule has 0 spiro atoms. The summed E-state index contributed by atoms with van der Waals surface area (Å²) in [6, 6.07) is 8.46. The average Bonchev–Trinajstić information content (AvgIpc) is 3.12. The largest absolute Gasteiger partial charge is 0.416 e.